The summed E-state index contributed by atoms with van der Waals surface area (Å²) in [7, 11) is 0. The van der Waals surface area contributed by atoms with Gasteiger partial charge in [0.05, 0.1) is 13.2 Å². The number of phenols is 1. The van der Waals surface area contributed by atoms with Crippen LogP contribution < -0.4 is 5.32 Å². The molecule has 0 spiro atoms. The number of ether oxygens (including phenoxy) is 1. The van der Waals surface area contributed by atoms with Gasteiger partial charge in [-0.2, -0.15) is 0 Å². The minimum absolute atomic E-state index is 0.249. The van der Waals surface area contributed by atoms with Crippen molar-refractivity contribution in [3.8, 4) is 5.75 Å². The monoisotopic (exact) mass is 392 g/mol. The van der Waals surface area contributed by atoms with Crippen LogP contribution in [0.15, 0.2) is 71.4 Å². The van der Waals surface area contributed by atoms with E-state index in [9.17, 15) is 5.11 Å². The molecule has 5 heteroatoms. The summed E-state index contributed by atoms with van der Waals surface area (Å²) < 4.78 is 5.56. The van der Waals surface area contributed by atoms with Crippen LogP contribution in [-0.4, -0.2) is 41.3 Å². The van der Waals surface area contributed by atoms with Gasteiger partial charge in [-0.15, -0.1) is 0 Å². The summed E-state index contributed by atoms with van der Waals surface area (Å²) in [5.74, 6) is 0.249. The van der Waals surface area contributed by atoms with Crippen LogP contribution >= 0.6 is 12.2 Å². The normalized spacial score (nSPS) is 18.6. The zero-order chi connectivity index (χ0) is 19.3. The molecular weight excluding hydrogens is 368 g/mol. The molecule has 0 aromatic heterocycles. The highest BCUT2D eigenvalue weighted by molar-refractivity contribution is 7.81. The molecule has 2 N–H and O–H groups in total. The zero-order valence-electron chi connectivity index (χ0n) is 15.7. The van der Waals surface area contributed by atoms with Crippen LogP contribution in [0.1, 0.15) is 18.4 Å². The SMILES string of the molecule is Oc1ccc(NC(=S)C2=C(N3CCOCC3)C(=Cc3ccccc3)CC2)cc1. The molecule has 144 valence electrons. The fourth-order valence-electron chi connectivity index (χ4n) is 3.73. The smallest absolute Gasteiger partial charge is 0.115 e. The summed E-state index contributed by atoms with van der Waals surface area (Å²) in [5, 5.41) is 12.8. The molecule has 28 heavy (non-hydrogen) atoms. The highest BCUT2D eigenvalue weighted by atomic mass is 32.1. The van der Waals surface area contributed by atoms with Gasteiger partial charge in [0.2, 0.25) is 0 Å². The minimum atomic E-state index is 0.249. The molecule has 1 fully saturated rings. The van der Waals surface area contributed by atoms with Gasteiger partial charge in [0, 0.05) is 30.0 Å². The molecule has 1 heterocycles. The maximum Gasteiger partial charge on any atom is 0.115 e. The van der Waals surface area contributed by atoms with Crippen LogP contribution in [0.2, 0.25) is 0 Å². The van der Waals surface area contributed by atoms with Gasteiger partial charge >= 0.3 is 0 Å². The molecule has 4 nitrogen and oxygen atoms in total. The van der Waals surface area contributed by atoms with Crippen molar-refractivity contribution in [2.24, 2.45) is 0 Å². The van der Waals surface area contributed by atoms with Crippen LogP contribution in [0.3, 0.4) is 0 Å². The van der Waals surface area contributed by atoms with Gasteiger partial charge in [-0.3, -0.25) is 0 Å². The van der Waals surface area contributed by atoms with E-state index in [0.717, 1.165) is 49.8 Å². The van der Waals surface area contributed by atoms with E-state index in [4.69, 9.17) is 17.0 Å². The highest BCUT2D eigenvalue weighted by Gasteiger charge is 2.28. The molecule has 1 aliphatic carbocycles. The largest absolute Gasteiger partial charge is 0.508 e. The summed E-state index contributed by atoms with van der Waals surface area (Å²) in [6.07, 6.45) is 4.19. The maximum atomic E-state index is 9.49. The van der Waals surface area contributed by atoms with Gasteiger partial charge in [0.15, 0.2) is 0 Å². The lowest BCUT2D eigenvalue weighted by molar-refractivity contribution is 0.0548. The first-order chi connectivity index (χ1) is 13.7. The number of rotatable bonds is 4. The van der Waals surface area contributed by atoms with E-state index in [-0.39, 0.29) is 5.75 Å². The predicted octanol–water partition coefficient (Wildman–Crippen LogP) is 4.60. The van der Waals surface area contributed by atoms with Gasteiger partial charge in [-0.1, -0.05) is 42.5 Å². The van der Waals surface area contributed by atoms with E-state index in [1.807, 2.05) is 18.2 Å². The molecule has 2 aromatic carbocycles. The molecule has 0 radical (unpaired) electrons. The number of phenolic OH excluding ortho intramolecular Hbond substituents is 1. The Morgan fingerprint density at radius 3 is 2.43 bits per heavy atom. The lowest BCUT2D eigenvalue weighted by atomic mass is 10.1. The topological polar surface area (TPSA) is 44.7 Å². The Hall–Kier alpha value is -2.63. The highest BCUT2D eigenvalue weighted by Crippen LogP contribution is 2.36. The fraction of sp³-hybridized carbons (Fsp3) is 0.261. The van der Waals surface area contributed by atoms with Crippen molar-refractivity contribution in [1.82, 2.24) is 4.90 Å². The van der Waals surface area contributed by atoms with E-state index in [0.29, 0.717) is 0 Å². The number of aromatic hydroxyl groups is 1. The molecule has 0 atom stereocenters. The van der Waals surface area contributed by atoms with Crippen molar-refractivity contribution >= 4 is 29.0 Å². The van der Waals surface area contributed by atoms with Gasteiger partial charge < -0.3 is 20.1 Å². The number of nitrogens with one attached hydrogen (secondary N) is 1. The second kappa shape index (κ2) is 8.59. The van der Waals surface area contributed by atoms with E-state index in [1.54, 1.807) is 12.1 Å². The third-order valence-corrected chi connectivity index (χ3v) is 5.45. The van der Waals surface area contributed by atoms with E-state index in [1.165, 1.54) is 22.4 Å². The second-order valence-electron chi connectivity index (χ2n) is 7.01. The molecular formula is C23H24N2O2S. The number of anilines is 1. The summed E-state index contributed by atoms with van der Waals surface area (Å²) >= 11 is 5.78. The first-order valence-electron chi connectivity index (χ1n) is 9.63. The molecule has 0 unspecified atom stereocenters. The number of nitrogens with zero attached hydrogens (tertiary/aromatic N) is 1. The fourth-order valence-corrected chi connectivity index (χ4v) is 4.05. The Labute approximate surface area is 171 Å². The molecule has 4 rings (SSSR count). The molecule has 0 bridgehead atoms. The van der Waals surface area contributed by atoms with E-state index < -0.39 is 0 Å². The van der Waals surface area contributed by atoms with Crippen molar-refractivity contribution in [1.29, 1.82) is 0 Å². The molecule has 0 saturated carbocycles. The Kier molecular flexibility index (Phi) is 5.74. The molecule has 1 aliphatic heterocycles. The van der Waals surface area contributed by atoms with Crippen LogP contribution in [0, 0.1) is 0 Å². The quantitative estimate of drug-likeness (QED) is 0.588. The Bertz CT molecular complexity index is 898. The Balaban J connectivity index is 1.65. The number of allylic oxidation sites excluding steroid dienone is 1. The van der Waals surface area contributed by atoms with E-state index in [2.05, 4.69) is 40.6 Å². The maximum absolute atomic E-state index is 9.49. The van der Waals surface area contributed by atoms with Crippen LogP contribution in [0.5, 0.6) is 5.75 Å². The van der Waals surface area contributed by atoms with Gasteiger partial charge in [-0.25, -0.2) is 0 Å². The lowest BCUT2D eigenvalue weighted by Gasteiger charge is -2.32. The van der Waals surface area contributed by atoms with Crippen molar-refractivity contribution in [2.45, 2.75) is 12.8 Å². The second-order valence-corrected chi connectivity index (χ2v) is 7.42. The third kappa shape index (κ3) is 4.26. The minimum Gasteiger partial charge on any atom is -0.508 e. The average molecular weight is 393 g/mol. The van der Waals surface area contributed by atoms with Crippen molar-refractivity contribution < 1.29 is 9.84 Å². The van der Waals surface area contributed by atoms with Crippen LogP contribution in [-0.2, 0) is 4.74 Å². The average Bonchev–Trinajstić information content (AvgIpc) is 3.15. The van der Waals surface area contributed by atoms with Gasteiger partial charge in [0.25, 0.3) is 0 Å². The molecule has 1 saturated heterocycles. The summed E-state index contributed by atoms with van der Waals surface area (Å²) in [4.78, 5) is 3.16. The van der Waals surface area contributed by atoms with Crippen molar-refractivity contribution in [3.05, 3.63) is 77.0 Å². The molecule has 0 amide bonds. The number of benzene rings is 2. The predicted molar refractivity (Wildman–Crippen MR) is 117 cm³/mol. The van der Waals surface area contributed by atoms with Crippen molar-refractivity contribution in [3.63, 3.8) is 0 Å². The number of hydrogen-bond acceptors (Lipinski definition) is 4. The summed E-state index contributed by atoms with van der Waals surface area (Å²) in [6.45, 7) is 3.25. The number of hydrogen-bond donors (Lipinski definition) is 2. The van der Waals surface area contributed by atoms with Crippen molar-refractivity contribution in [2.75, 3.05) is 31.6 Å². The third-order valence-electron chi connectivity index (χ3n) is 5.10. The van der Waals surface area contributed by atoms with E-state index >= 15 is 0 Å². The van der Waals surface area contributed by atoms with Gasteiger partial charge in [-0.05, 0) is 54.3 Å². The molecule has 2 aliphatic rings. The first-order valence-corrected chi connectivity index (χ1v) is 10.0. The number of thiocarbonyl (C=S) groups is 1. The Morgan fingerprint density at radius 2 is 1.71 bits per heavy atom. The summed E-state index contributed by atoms with van der Waals surface area (Å²) in [6, 6.07) is 17.4. The molecule has 2 aromatic rings. The number of morpholine rings is 1. The van der Waals surface area contributed by atoms with Gasteiger partial charge in [0.1, 0.15) is 10.7 Å². The Morgan fingerprint density at radius 1 is 1.00 bits per heavy atom. The first kappa shape index (κ1) is 18.7. The lowest BCUT2D eigenvalue weighted by Crippen LogP contribution is -2.36. The summed E-state index contributed by atoms with van der Waals surface area (Å²) in [5.41, 5.74) is 5.87. The standard InChI is InChI=1S/C23H24N2O2S/c26-20-9-7-19(8-10-20)24-23(28)21-11-6-18(16-17-4-2-1-3-5-17)22(21)25-12-14-27-15-13-25/h1-5,7-10,16,26H,6,11-15H2,(H,24,28). The zero-order valence-corrected chi connectivity index (χ0v) is 16.5. The van der Waals surface area contributed by atoms with Crippen LogP contribution in [0.25, 0.3) is 6.08 Å². The van der Waals surface area contributed by atoms with Crippen LogP contribution in [0.4, 0.5) is 5.69 Å².